The number of benzene rings is 3. The molecular formula is C26H22N4O5S2. The first kappa shape index (κ1) is 23.6. The summed E-state index contributed by atoms with van der Waals surface area (Å²) in [5, 5.41) is 16.1. The number of hydrogen-bond donors (Lipinski definition) is 1. The van der Waals surface area contributed by atoms with Crippen LogP contribution < -0.4 is 14.5 Å². The molecule has 1 N–H and O–H groups in total. The smallest absolute Gasteiger partial charge is 0.322 e. The number of para-hydroxylation sites is 2. The van der Waals surface area contributed by atoms with Crippen molar-refractivity contribution in [3.05, 3.63) is 99.1 Å². The Morgan fingerprint density at radius 1 is 1.00 bits per heavy atom. The van der Waals surface area contributed by atoms with E-state index in [-0.39, 0.29) is 21.1 Å². The van der Waals surface area contributed by atoms with Crippen LogP contribution in [0.1, 0.15) is 22.3 Å². The van der Waals surface area contributed by atoms with Gasteiger partial charge in [0.25, 0.3) is 15.9 Å². The first-order valence-electron chi connectivity index (χ1n) is 11.6. The Balaban J connectivity index is 1.76. The SMILES string of the molecule is Cc1ccc(S(=O)(=O)N2c3c(C)cccc3[C@@]3([N+](=O)[O-])C(=S)N[C@]4(C(=O)N(C)c5ccccc54)[C@@H]23)cc1. The fraction of sp³-hybridized carbons (Fsp3) is 0.231. The summed E-state index contributed by atoms with van der Waals surface area (Å²) in [6.07, 6.45) is 0. The van der Waals surface area contributed by atoms with Crippen LogP contribution in [0.4, 0.5) is 11.4 Å². The number of rotatable bonds is 3. The van der Waals surface area contributed by atoms with E-state index in [0.29, 0.717) is 16.8 Å². The van der Waals surface area contributed by atoms with Gasteiger partial charge in [-0.15, -0.1) is 0 Å². The number of carbonyl (C=O) groups excluding carboxylic acids is 1. The van der Waals surface area contributed by atoms with Crippen LogP contribution in [0.3, 0.4) is 0 Å². The van der Waals surface area contributed by atoms with E-state index < -0.39 is 38.0 Å². The summed E-state index contributed by atoms with van der Waals surface area (Å²) in [4.78, 5) is 27.8. The van der Waals surface area contributed by atoms with Gasteiger partial charge in [-0.05, 0) is 43.7 Å². The minimum atomic E-state index is -4.39. The number of amides is 1. The molecule has 1 fully saturated rings. The lowest BCUT2D eigenvalue weighted by molar-refractivity contribution is -0.555. The summed E-state index contributed by atoms with van der Waals surface area (Å²) in [6.45, 7) is 3.53. The summed E-state index contributed by atoms with van der Waals surface area (Å²) in [6, 6.07) is 16.5. The number of carbonyl (C=O) groups is 1. The third-order valence-corrected chi connectivity index (χ3v) is 9.96. The number of anilines is 2. The molecular weight excluding hydrogens is 512 g/mol. The zero-order chi connectivity index (χ0) is 26.5. The Labute approximate surface area is 218 Å². The van der Waals surface area contributed by atoms with Gasteiger partial charge in [0.05, 0.1) is 16.1 Å². The van der Waals surface area contributed by atoms with Crippen molar-refractivity contribution in [1.29, 1.82) is 0 Å². The molecule has 3 aliphatic rings. The van der Waals surface area contributed by atoms with Crippen molar-refractivity contribution in [2.45, 2.75) is 35.9 Å². The van der Waals surface area contributed by atoms with Crippen molar-refractivity contribution < 1.29 is 18.1 Å². The number of likely N-dealkylation sites (N-methyl/N-ethyl adjacent to an activating group) is 1. The van der Waals surface area contributed by atoms with E-state index in [4.69, 9.17) is 12.2 Å². The second-order valence-corrected chi connectivity index (χ2v) is 11.9. The molecule has 11 heteroatoms. The van der Waals surface area contributed by atoms with Crippen molar-refractivity contribution in [3.8, 4) is 0 Å². The standard InChI is InChI=1S/C26H22N4O5S2/c1-15-11-13-17(14-12-15)37(34,35)29-21-16(2)7-6-9-19(21)26(30(32)33)22(29)25(27-23(26)36)18-8-4-5-10-20(18)28(3)24(25)31/h4-14,22H,1-3H3,(H,27,36)/t22-,25+,26+/m1/s1. The number of nitrogens with one attached hydrogen (secondary N) is 1. The molecule has 6 rings (SSSR count). The van der Waals surface area contributed by atoms with Gasteiger partial charge in [0.2, 0.25) is 0 Å². The first-order valence-corrected chi connectivity index (χ1v) is 13.4. The summed E-state index contributed by atoms with van der Waals surface area (Å²) < 4.78 is 29.9. The van der Waals surface area contributed by atoms with Crippen LogP contribution in [0.25, 0.3) is 0 Å². The van der Waals surface area contributed by atoms with Gasteiger partial charge in [0.1, 0.15) is 0 Å². The Morgan fingerprint density at radius 3 is 2.32 bits per heavy atom. The van der Waals surface area contributed by atoms with E-state index in [1.807, 2.05) is 6.92 Å². The maximum atomic E-state index is 14.4. The summed E-state index contributed by atoms with van der Waals surface area (Å²) in [7, 11) is -2.82. The lowest BCUT2D eigenvalue weighted by atomic mass is 9.77. The van der Waals surface area contributed by atoms with Crippen LogP contribution in [-0.4, -0.2) is 37.3 Å². The van der Waals surface area contributed by atoms with Crippen LogP contribution >= 0.6 is 12.2 Å². The van der Waals surface area contributed by atoms with Crippen LogP contribution in [0.5, 0.6) is 0 Å². The molecule has 0 aliphatic carbocycles. The van der Waals surface area contributed by atoms with E-state index in [1.54, 1.807) is 62.5 Å². The second kappa shape index (κ2) is 7.36. The molecule has 0 unspecified atom stereocenters. The van der Waals surface area contributed by atoms with E-state index in [1.165, 1.54) is 23.1 Å². The van der Waals surface area contributed by atoms with Crippen LogP contribution in [0.15, 0.2) is 71.6 Å². The maximum Gasteiger partial charge on any atom is 0.322 e. The normalized spacial score (nSPS) is 25.8. The highest BCUT2D eigenvalue weighted by molar-refractivity contribution is 7.93. The van der Waals surface area contributed by atoms with Gasteiger partial charge >= 0.3 is 5.54 Å². The molecule has 3 aromatic rings. The van der Waals surface area contributed by atoms with Crippen molar-refractivity contribution in [3.63, 3.8) is 0 Å². The zero-order valence-electron chi connectivity index (χ0n) is 20.1. The first-order chi connectivity index (χ1) is 17.5. The van der Waals surface area contributed by atoms with E-state index >= 15 is 0 Å². The highest BCUT2D eigenvalue weighted by atomic mass is 32.2. The summed E-state index contributed by atoms with van der Waals surface area (Å²) in [5.41, 5.74) is -1.32. The minimum Gasteiger partial charge on any atom is -0.354 e. The third-order valence-electron chi connectivity index (χ3n) is 7.76. The maximum absolute atomic E-state index is 14.4. The predicted molar refractivity (Wildman–Crippen MR) is 142 cm³/mol. The molecule has 3 heterocycles. The number of nitrogens with zero attached hydrogens (tertiary/aromatic N) is 3. The minimum absolute atomic E-state index is 0.0356. The zero-order valence-corrected chi connectivity index (χ0v) is 21.8. The predicted octanol–water partition coefficient (Wildman–Crippen LogP) is 3.16. The Bertz CT molecular complexity index is 1660. The van der Waals surface area contributed by atoms with Crippen molar-refractivity contribution >= 4 is 44.5 Å². The van der Waals surface area contributed by atoms with Gasteiger partial charge in [-0.25, -0.2) is 8.42 Å². The van der Waals surface area contributed by atoms with Crippen LogP contribution in [0.2, 0.25) is 0 Å². The van der Waals surface area contributed by atoms with E-state index in [9.17, 15) is 23.3 Å². The molecule has 0 saturated carbocycles. The number of aryl methyl sites for hydroxylation is 2. The third kappa shape index (κ3) is 2.60. The molecule has 1 spiro atoms. The number of hydrogen-bond acceptors (Lipinski definition) is 6. The monoisotopic (exact) mass is 534 g/mol. The lowest BCUT2D eigenvalue weighted by Crippen LogP contribution is -2.62. The van der Waals surface area contributed by atoms with Crippen LogP contribution in [0, 0.1) is 24.0 Å². The van der Waals surface area contributed by atoms with Gasteiger partial charge < -0.3 is 10.2 Å². The molecule has 37 heavy (non-hydrogen) atoms. The number of sulfonamides is 1. The molecule has 0 radical (unpaired) electrons. The molecule has 3 atom stereocenters. The Morgan fingerprint density at radius 2 is 1.65 bits per heavy atom. The molecule has 0 aromatic heterocycles. The average Bonchev–Trinajstić information content (AvgIpc) is 3.41. The quantitative estimate of drug-likeness (QED) is 0.312. The van der Waals surface area contributed by atoms with E-state index in [0.717, 1.165) is 9.87 Å². The number of fused-ring (bicyclic) bond motifs is 6. The molecule has 188 valence electrons. The Kier molecular flexibility index (Phi) is 4.69. The fourth-order valence-corrected chi connectivity index (χ4v) is 8.36. The lowest BCUT2D eigenvalue weighted by Gasteiger charge is -2.36. The highest BCUT2D eigenvalue weighted by Crippen LogP contribution is 2.61. The molecule has 3 aromatic carbocycles. The second-order valence-electron chi connectivity index (χ2n) is 9.65. The largest absolute Gasteiger partial charge is 0.354 e. The molecule has 3 aliphatic heterocycles. The van der Waals surface area contributed by atoms with Gasteiger partial charge in [-0.1, -0.05) is 60.2 Å². The molecule has 1 amide bonds. The Hall–Kier alpha value is -3.83. The summed E-state index contributed by atoms with van der Waals surface area (Å²) in [5.74, 6) is -0.514. The topological polar surface area (TPSA) is 113 Å². The summed E-state index contributed by atoms with van der Waals surface area (Å²) >= 11 is 5.66. The van der Waals surface area contributed by atoms with Gasteiger partial charge in [-0.2, -0.15) is 0 Å². The van der Waals surface area contributed by atoms with Gasteiger partial charge in [0, 0.05) is 23.2 Å². The van der Waals surface area contributed by atoms with Crippen molar-refractivity contribution in [2.24, 2.45) is 0 Å². The average molecular weight is 535 g/mol. The molecule has 1 saturated heterocycles. The molecule has 0 bridgehead atoms. The van der Waals surface area contributed by atoms with Gasteiger partial charge in [-0.3, -0.25) is 19.2 Å². The van der Waals surface area contributed by atoms with Crippen molar-refractivity contribution in [1.82, 2.24) is 5.32 Å². The van der Waals surface area contributed by atoms with Crippen molar-refractivity contribution in [2.75, 3.05) is 16.3 Å². The van der Waals surface area contributed by atoms with Gasteiger partial charge in [0.15, 0.2) is 16.6 Å². The fourth-order valence-electron chi connectivity index (χ4n) is 6.12. The number of thiocarbonyl (C=S) groups is 1. The van der Waals surface area contributed by atoms with E-state index in [2.05, 4.69) is 5.32 Å². The highest BCUT2D eigenvalue weighted by Gasteiger charge is 2.81. The van der Waals surface area contributed by atoms with Crippen LogP contribution in [-0.2, 0) is 25.9 Å². The number of nitro groups is 1. The molecule has 9 nitrogen and oxygen atoms in total.